The molecule has 1 aromatic carbocycles. The van der Waals surface area contributed by atoms with Gasteiger partial charge in [0.25, 0.3) is 0 Å². The number of hydrogen-bond donors (Lipinski definition) is 1. The summed E-state index contributed by atoms with van der Waals surface area (Å²) in [4.78, 5) is 13.7. The van der Waals surface area contributed by atoms with Crippen LogP contribution in [-0.2, 0) is 0 Å². The van der Waals surface area contributed by atoms with Crippen molar-refractivity contribution < 1.29 is 4.79 Å². The lowest BCUT2D eigenvalue weighted by molar-refractivity contribution is 0.100. The van der Waals surface area contributed by atoms with Crippen LogP contribution in [0.15, 0.2) is 24.3 Å². The van der Waals surface area contributed by atoms with Gasteiger partial charge >= 0.3 is 0 Å². The number of nitrogens with two attached hydrogens (primary N) is 1. The molecule has 1 aromatic rings. The maximum Gasteiger partial charge on any atom is 0.176 e. The number of halogens is 1. The summed E-state index contributed by atoms with van der Waals surface area (Å²) in [5.74, 6) is 0.0102. The van der Waals surface area contributed by atoms with Crippen molar-refractivity contribution in [2.45, 2.75) is 12.8 Å². The third-order valence-electron chi connectivity index (χ3n) is 2.82. The summed E-state index contributed by atoms with van der Waals surface area (Å²) in [5, 5.41) is 0. The van der Waals surface area contributed by atoms with Gasteiger partial charge < -0.3 is 10.6 Å². The second kappa shape index (κ2) is 5.87. The molecule has 88 valence electrons. The number of ketones is 1. The van der Waals surface area contributed by atoms with Crippen LogP contribution in [-0.4, -0.2) is 25.4 Å². The lowest BCUT2D eigenvalue weighted by atomic mass is 10.1. The van der Waals surface area contributed by atoms with E-state index in [1.807, 2.05) is 18.2 Å². The fourth-order valence-corrected chi connectivity index (χ4v) is 1.97. The highest BCUT2D eigenvalue weighted by molar-refractivity contribution is 5.98. The van der Waals surface area contributed by atoms with Gasteiger partial charge in [0.15, 0.2) is 5.78 Å². The number of hydrogen-bond acceptors (Lipinski definition) is 3. The molecule has 0 aromatic heterocycles. The molecule has 0 spiro atoms. The van der Waals surface area contributed by atoms with E-state index in [-0.39, 0.29) is 24.7 Å². The zero-order chi connectivity index (χ0) is 10.7. The standard InChI is InChI=1S/C12H16N2O.ClH/c13-9-12(15)10-4-3-5-11(8-10)14-6-1-2-7-14;/h3-5,8H,1-2,6-7,9,13H2;1H. The zero-order valence-corrected chi connectivity index (χ0v) is 10.0. The molecule has 0 atom stereocenters. The minimum Gasteiger partial charge on any atom is -0.372 e. The number of carbonyl (C=O) groups excluding carboxylic acids is 1. The first kappa shape index (κ1) is 13.0. The first-order chi connectivity index (χ1) is 7.31. The molecule has 4 heteroatoms. The van der Waals surface area contributed by atoms with Crippen molar-refractivity contribution in [3.63, 3.8) is 0 Å². The van der Waals surface area contributed by atoms with Crippen LogP contribution in [0.25, 0.3) is 0 Å². The molecule has 1 heterocycles. The van der Waals surface area contributed by atoms with Crippen LogP contribution in [0, 0.1) is 0 Å². The van der Waals surface area contributed by atoms with Gasteiger partial charge in [0.05, 0.1) is 6.54 Å². The van der Waals surface area contributed by atoms with Crippen LogP contribution in [0.3, 0.4) is 0 Å². The number of nitrogens with zero attached hydrogens (tertiary/aromatic N) is 1. The average molecular weight is 241 g/mol. The number of benzene rings is 1. The molecule has 0 amide bonds. The van der Waals surface area contributed by atoms with Gasteiger partial charge in [0.2, 0.25) is 0 Å². The van der Waals surface area contributed by atoms with Crippen LogP contribution in [0.5, 0.6) is 0 Å². The second-order valence-corrected chi connectivity index (χ2v) is 3.87. The average Bonchev–Trinajstić information content (AvgIpc) is 2.82. The largest absolute Gasteiger partial charge is 0.372 e. The smallest absolute Gasteiger partial charge is 0.176 e. The molecule has 0 bridgehead atoms. The van der Waals surface area contributed by atoms with E-state index in [1.54, 1.807) is 0 Å². The molecule has 2 N–H and O–H groups in total. The van der Waals surface area contributed by atoms with E-state index in [0.717, 1.165) is 24.3 Å². The van der Waals surface area contributed by atoms with E-state index in [2.05, 4.69) is 11.0 Å². The van der Waals surface area contributed by atoms with Gasteiger partial charge in [-0.25, -0.2) is 0 Å². The van der Waals surface area contributed by atoms with Gasteiger partial charge in [-0.1, -0.05) is 12.1 Å². The van der Waals surface area contributed by atoms with Crippen molar-refractivity contribution in [3.05, 3.63) is 29.8 Å². The lowest BCUT2D eigenvalue weighted by Crippen LogP contribution is -2.19. The van der Waals surface area contributed by atoms with Crippen LogP contribution in [0.2, 0.25) is 0 Å². The van der Waals surface area contributed by atoms with Gasteiger partial charge in [-0.15, -0.1) is 12.4 Å². The number of rotatable bonds is 3. The highest BCUT2D eigenvalue weighted by atomic mass is 35.5. The molecule has 1 aliphatic rings. The minimum absolute atomic E-state index is 0. The Morgan fingerprint density at radius 1 is 1.31 bits per heavy atom. The zero-order valence-electron chi connectivity index (χ0n) is 9.19. The predicted molar refractivity (Wildman–Crippen MR) is 68.5 cm³/mol. The van der Waals surface area contributed by atoms with Crippen LogP contribution < -0.4 is 10.6 Å². The van der Waals surface area contributed by atoms with Crippen molar-refractivity contribution in [2.24, 2.45) is 5.73 Å². The summed E-state index contributed by atoms with van der Waals surface area (Å²) in [6.07, 6.45) is 2.49. The number of anilines is 1. The SMILES string of the molecule is Cl.NCC(=O)c1cccc(N2CCCC2)c1. The summed E-state index contributed by atoms with van der Waals surface area (Å²) in [6, 6.07) is 7.75. The van der Waals surface area contributed by atoms with E-state index in [9.17, 15) is 4.79 Å². The Morgan fingerprint density at radius 2 is 2.00 bits per heavy atom. The van der Waals surface area contributed by atoms with E-state index in [0.29, 0.717) is 0 Å². The monoisotopic (exact) mass is 240 g/mol. The molecule has 1 saturated heterocycles. The molecule has 2 rings (SSSR count). The van der Waals surface area contributed by atoms with Crippen molar-refractivity contribution in [3.8, 4) is 0 Å². The second-order valence-electron chi connectivity index (χ2n) is 3.87. The van der Waals surface area contributed by atoms with Gasteiger partial charge in [-0.05, 0) is 25.0 Å². The van der Waals surface area contributed by atoms with Gasteiger partial charge in [0, 0.05) is 24.3 Å². The maximum absolute atomic E-state index is 11.4. The van der Waals surface area contributed by atoms with E-state index in [4.69, 9.17) is 5.73 Å². The van der Waals surface area contributed by atoms with E-state index < -0.39 is 0 Å². The first-order valence-corrected chi connectivity index (χ1v) is 5.39. The highest BCUT2D eigenvalue weighted by Gasteiger charge is 2.13. The predicted octanol–water partition coefficient (Wildman–Crippen LogP) is 1.85. The van der Waals surface area contributed by atoms with Gasteiger partial charge in [0.1, 0.15) is 0 Å². The molecule has 0 saturated carbocycles. The Balaban J connectivity index is 0.00000128. The summed E-state index contributed by atoms with van der Waals surface area (Å²) >= 11 is 0. The van der Waals surface area contributed by atoms with Gasteiger partial charge in [-0.3, -0.25) is 4.79 Å². The van der Waals surface area contributed by atoms with Crippen molar-refractivity contribution in [1.29, 1.82) is 0 Å². The highest BCUT2D eigenvalue weighted by Crippen LogP contribution is 2.21. The van der Waals surface area contributed by atoms with Crippen LogP contribution in [0.1, 0.15) is 23.2 Å². The van der Waals surface area contributed by atoms with Crippen molar-refractivity contribution in [1.82, 2.24) is 0 Å². The van der Waals surface area contributed by atoms with Crippen LogP contribution in [0.4, 0.5) is 5.69 Å². The molecule has 1 fully saturated rings. The normalized spacial score (nSPS) is 14.7. The minimum atomic E-state index is 0. The molecule has 1 aliphatic heterocycles. The van der Waals surface area contributed by atoms with E-state index in [1.165, 1.54) is 12.8 Å². The molecular formula is C12H17ClN2O. The summed E-state index contributed by atoms with van der Waals surface area (Å²) in [6.45, 7) is 2.28. The molecular weight excluding hydrogens is 224 g/mol. The van der Waals surface area contributed by atoms with Crippen molar-refractivity contribution >= 4 is 23.9 Å². The Morgan fingerprint density at radius 3 is 2.62 bits per heavy atom. The van der Waals surface area contributed by atoms with Crippen molar-refractivity contribution in [2.75, 3.05) is 24.5 Å². The lowest BCUT2D eigenvalue weighted by Gasteiger charge is -2.17. The Bertz CT molecular complexity index is 362. The van der Waals surface area contributed by atoms with Gasteiger partial charge in [-0.2, -0.15) is 0 Å². The first-order valence-electron chi connectivity index (χ1n) is 5.39. The molecule has 16 heavy (non-hydrogen) atoms. The Kier molecular flexibility index (Phi) is 4.77. The fourth-order valence-electron chi connectivity index (χ4n) is 1.97. The summed E-state index contributed by atoms with van der Waals surface area (Å²) in [5.41, 5.74) is 7.21. The third kappa shape index (κ3) is 2.74. The summed E-state index contributed by atoms with van der Waals surface area (Å²) < 4.78 is 0. The van der Waals surface area contributed by atoms with Crippen LogP contribution >= 0.6 is 12.4 Å². The maximum atomic E-state index is 11.4. The molecule has 0 unspecified atom stereocenters. The van der Waals surface area contributed by atoms with E-state index >= 15 is 0 Å². The summed E-state index contributed by atoms with van der Waals surface area (Å²) in [7, 11) is 0. The number of carbonyl (C=O) groups is 1. The Hall–Kier alpha value is -1.06. The molecule has 3 nitrogen and oxygen atoms in total. The topological polar surface area (TPSA) is 46.3 Å². The number of Topliss-reactive ketones (excluding diaryl/α,β-unsaturated/α-hetero) is 1. The Labute approximate surface area is 102 Å². The molecule has 0 radical (unpaired) electrons. The molecule has 0 aliphatic carbocycles. The third-order valence-corrected chi connectivity index (χ3v) is 2.82. The quantitative estimate of drug-likeness (QED) is 0.821. The fraction of sp³-hybridized carbons (Fsp3) is 0.417.